The summed E-state index contributed by atoms with van der Waals surface area (Å²) >= 11 is 0. The van der Waals surface area contributed by atoms with Crippen molar-refractivity contribution in [1.82, 2.24) is 29.3 Å². The highest BCUT2D eigenvalue weighted by atomic mass is 16.5. The van der Waals surface area contributed by atoms with E-state index in [4.69, 9.17) is 9.72 Å². The zero-order valence-corrected chi connectivity index (χ0v) is 17.5. The minimum atomic E-state index is -0.336. The summed E-state index contributed by atoms with van der Waals surface area (Å²) in [6, 6.07) is 0.507. The molecule has 5 rings (SSSR count). The van der Waals surface area contributed by atoms with Crippen molar-refractivity contribution in [2.45, 2.75) is 56.7 Å². The summed E-state index contributed by atoms with van der Waals surface area (Å²) in [5.41, 5.74) is 1.42. The van der Waals surface area contributed by atoms with Gasteiger partial charge in [-0.3, -0.25) is 4.57 Å². The lowest BCUT2D eigenvalue weighted by Crippen LogP contribution is -2.46. The third-order valence-electron chi connectivity index (χ3n) is 6.97. The Kier molecular flexibility index (Phi) is 5.41. The second kappa shape index (κ2) is 8.16. The zero-order valence-electron chi connectivity index (χ0n) is 17.5. The van der Waals surface area contributed by atoms with Crippen LogP contribution in [0.4, 0.5) is 5.82 Å². The molecule has 2 saturated heterocycles. The van der Waals surface area contributed by atoms with E-state index in [1.807, 2.05) is 6.33 Å². The highest BCUT2D eigenvalue weighted by Gasteiger charge is 2.39. The van der Waals surface area contributed by atoms with Gasteiger partial charge in [-0.15, -0.1) is 0 Å². The molecule has 8 heteroatoms. The average Bonchev–Trinajstić information content (AvgIpc) is 3.49. The molecule has 1 N–H and O–H groups in total. The Morgan fingerprint density at radius 2 is 1.93 bits per heavy atom. The largest absolute Gasteiger partial charge is 0.365 e. The van der Waals surface area contributed by atoms with Crippen molar-refractivity contribution in [3.05, 3.63) is 12.7 Å². The zero-order chi connectivity index (χ0) is 19.7. The van der Waals surface area contributed by atoms with E-state index in [2.05, 4.69) is 36.7 Å². The first kappa shape index (κ1) is 19.2. The second-order valence-electron chi connectivity index (χ2n) is 8.93. The van der Waals surface area contributed by atoms with Crippen molar-refractivity contribution in [3.63, 3.8) is 0 Å². The van der Waals surface area contributed by atoms with E-state index in [1.54, 1.807) is 6.33 Å². The normalized spacial score (nSPS) is 27.2. The predicted octanol–water partition coefficient (Wildman–Crippen LogP) is 2.28. The predicted molar refractivity (Wildman–Crippen MR) is 113 cm³/mol. The summed E-state index contributed by atoms with van der Waals surface area (Å²) in [5, 5.41) is 3.61. The summed E-state index contributed by atoms with van der Waals surface area (Å²) in [5.74, 6) is 0.868. The molecule has 8 nitrogen and oxygen atoms in total. The molecule has 0 amide bonds. The molecule has 2 aromatic rings. The van der Waals surface area contributed by atoms with Gasteiger partial charge in [-0.2, -0.15) is 0 Å². The number of rotatable bonds is 6. The van der Waals surface area contributed by atoms with Crippen LogP contribution in [0.2, 0.25) is 0 Å². The number of hydrogen-bond donors (Lipinski definition) is 1. The van der Waals surface area contributed by atoms with Crippen LogP contribution >= 0.6 is 0 Å². The van der Waals surface area contributed by atoms with E-state index in [9.17, 15) is 0 Å². The minimum Gasteiger partial charge on any atom is -0.365 e. The van der Waals surface area contributed by atoms with Crippen LogP contribution in [-0.2, 0) is 10.5 Å². The van der Waals surface area contributed by atoms with Crippen LogP contribution in [-0.4, -0.2) is 81.7 Å². The minimum absolute atomic E-state index is 0.336. The molecule has 2 aromatic heterocycles. The van der Waals surface area contributed by atoms with E-state index in [1.165, 1.54) is 25.7 Å². The molecule has 29 heavy (non-hydrogen) atoms. The highest BCUT2D eigenvalue weighted by Crippen LogP contribution is 2.37. The summed E-state index contributed by atoms with van der Waals surface area (Å²) in [7, 11) is 2.20. The number of nitrogens with zero attached hydrogens (tertiary/aromatic N) is 6. The molecule has 0 aromatic carbocycles. The van der Waals surface area contributed by atoms with Crippen LogP contribution in [0.1, 0.15) is 44.9 Å². The van der Waals surface area contributed by atoms with E-state index < -0.39 is 0 Å². The lowest BCUT2D eigenvalue weighted by molar-refractivity contribution is -0.0731. The Morgan fingerprint density at radius 1 is 1.10 bits per heavy atom. The maximum atomic E-state index is 6.38. The lowest BCUT2D eigenvalue weighted by atomic mass is 10.0. The molecule has 2 aliphatic heterocycles. The topological polar surface area (TPSA) is 71.3 Å². The standard InChI is InChI=1S/C21H33N7O/c1-26-10-12-27(13-11-26)9-8-21(7-4-14-29-21)28-16-24-18-19(22-15-23-20(18)28)25-17-5-2-3-6-17/h15-17H,2-14H2,1H3,(H,22,23,25). The Morgan fingerprint density at radius 3 is 2.69 bits per heavy atom. The number of imidazole rings is 1. The molecule has 1 atom stereocenters. The molecule has 3 aliphatic rings. The van der Waals surface area contributed by atoms with Crippen LogP contribution in [0.15, 0.2) is 12.7 Å². The average molecular weight is 400 g/mol. The summed E-state index contributed by atoms with van der Waals surface area (Å²) in [6.45, 7) is 6.41. The van der Waals surface area contributed by atoms with Crippen LogP contribution in [0.25, 0.3) is 11.2 Å². The van der Waals surface area contributed by atoms with Crippen molar-refractivity contribution in [3.8, 4) is 0 Å². The van der Waals surface area contributed by atoms with Gasteiger partial charge in [-0.05, 0) is 32.7 Å². The van der Waals surface area contributed by atoms with Crippen LogP contribution in [0.3, 0.4) is 0 Å². The molecule has 0 radical (unpaired) electrons. The Hall–Kier alpha value is -1.77. The van der Waals surface area contributed by atoms with Gasteiger partial charge in [0.05, 0.1) is 6.33 Å². The van der Waals surface area contributed by atoms with Crippen molar-refractivity contribution in [2.24, 2.45) is 0 Å². The lowest BCUT2D eigenvalue weighted by Gasteiger charge is -2.36. The van der Waals surface area contributed by atoms with Crippen molar-refractivity contribution in [1.29, 1.82) is 0 Å². The van der Waals surface area contributed by atoms with E-state index in [0.717, 1.165) is 75.6 Å². The fraction of sp³-hybridized carbons (Fsp3) is 0.762. The van der Waals surface area contributed by atoms with E-state index >= 15 is 0 Å². The van der Waals surface area contributed by atoms with Crippen molar-refractivity contribution >= 4 is 17.0 Å². The van der Waals surface area contributed by atoms with Gasteiger partial charge in [0.15, 0.2) is 17.0 Å². The third kappa shape index (κ3) is 3.85. The molecular formula is C21H33N7O. The summed E-state index contributed by atoms with van der Waals surface area (Å²) in [4.78, 5) is 18.8. The van der Waals surface area contributed by atoms with Crippen molar-refractivity contribution in [2.75, 3.05) is 51.7 Å². The first-order chi connectivity index (χ1) is 14.2. The quantitative estimate of drug-likeness (QED) is 0.799. The molecular weight excluding hydrogens is 366 g/mol. The number of nitrogens with one attached hydrogen (secondary N) is 1. The van der Waals surface area contributed by atoms with Crippen LogP contribution in [0.5, 0.6) is 0 Å². The van der Waals surface area contributed by atoms with E-state index in [0.29, 0.717) is 6.04 Å². The number of likely N-dealkylation sites (N-methyl/N-ethyl adjacent to an activating group) is 1. The Labute approximate surface area is 172 Å². The van der Waals surface area contributed by atoms with Crippen LogP contribution < -0.4 is 5.32 Å². The smallest absolute Gasteiger partial charge is 0.167 e. The molecule has 1 aliphatic carbocycles. The monoisotopic (exact) mass is 399 g/mol. The van der Waals surface area contributed by atoms with Gasteiger partial charge in [0.2, 0.25) is 0 Å². The number of fused-ring (bicyclic) bond motifs is 1. The fourth-order valence-electron chi connectivity index (χ4n) is 5.10. The van der Waals surface area contributed by atoms with Gasteiger partial charge >= 0.3 is 0 Å². The number of ether oxygens (including phenoxy) is 1. The van der Waals surface area contributed by atoms with Gasteiger partial charge in [0, 0.05) is 51.8 Å². The number of hydrogen-bond acceptors (Lipinski definition) is 7. The van der Waals surface area contributed by atoms with Gasteiger partial charge < -0.3 is 19.9 Å². The molecule has 1 saturated carbocycles. The van der Waals surface area contributed by atoms with Gasteiger partial charge in [0.1, 0.15) is 12.1 Å². The number of aromatic nitrogens is 4. The highest BCUT2D eigenvalue weighted by molar-refractivity contribution is 5.83. The third-order valence-corrected chi connectivity index (χ3v) is 6.97. The molecule has 0 bridgehead atoms. The van der Waals surface area contributed by atoms with E-state index in [-0.39, 0.29) is 5.72 Å². The maximum Gasteiger partial charge on any atom is 0.167 e. The van der Waals surface area contributed by atoms with Gasteiger partial charge in [-0.25, -0.2) is 15.0 Å². The fourth-order valence-corrected chi connectivity index (χ4v) is 5.10. The molecule has 3 fully saturated rings. The Balaban J connectivity index is 1.38. The molecule has 158 valence electrons. The summed E-state index contributed by atoms with van der Waals surface area (Å²) < 4.78 is 8.57. The molecule has 0 spiro atoms. The van der Waals surface area contributed by atoms with Gasteiger partial charge in [0.25, 0.3) is 0 Å². The molecule has 1 unspecified atom stereocenters. The van der Waals surface area contributed by atoms with Crippen LogP contribution in [0, 0.1) is 0 Å². The summed E-state index contributed by atoms with van der Waals surface area (Å²) in [6.07, 6.45) is 11.7. The number of piperazine rings is 1. The number of anilines is 1. The first-order valence-corrected chi connectivity index (χ1v) is 11.2. The first-order valence-electron chi connectivity index (χ1n) is 11.2. The Bertz CT molecular complexity index is 818. The van der Waals surface area contributed by atoms with Gasteiger partial charge in [-0.1, -0.05) is 12.8 Å². The SMILES string of the molecule is CN1CCN(CCC2(n3cnc4c(NC5CCCC5)ncnc43)CCCO2)CC1. The van der Waals surface area contributed by atoms with Crippen molar-refractivity contribution < 1.29 is 4.74 Å². The second-order valence-corrected chi connectivity index (χ2v) is 8.93. The molecule has 4 heterocycles. The maximum absolute atomic E-state index is 6.38.